The second-order valence-corrected chi connectivity index (χ2v) is 7.53. The van der Waals surface area contributed by atoms with Crippen molar-refractivity contribution in [3.63, 3.8) is 0 Å². The molecule has 9 nitrogen and oxygen atoms in total. The number of carbonyl (C=O) groups is 4. The largest absolute Gasteiger partial charge is 0.493 e. The number of methoxy groups -OCH3 is 1. The highest BCUT2D eigenvalue weighted by Gasteiger charge is 2.49. The average molecular weight is 417 g/mol. The normalized spacial score (nSPS) is 21.7. The molecule has 1 saturated carbocycles. The van der Waals surface area contributed by atoms with E-state index >= 15 is 0 Å². The first-order chi connectivity index (χ1) is 14.4. The minimum atomic E-state index is -0.946. The molecular weight excluding hydrogens is 390 g/mol. The molecule has 5 amide bonds. The van der Waals surface area contributed by atoms with Gasteiger partial charge in [-0.25, -0.2) is 9.69 Å². The van der Waals surface area contributed by atoms with Gasteiger partial charge in [-0.05, 0) is 30.9 Å². The zero-order valence-electron chi connectivity index (χ0n) is 17.3. The van der Waals surface area contributed by atoms with Crippen molar-refractivity contribution in [3.05, 3.63) is 24.3 Å². The van der Waals surface area contributed by atoms with Crippen molar-refractivity contribution in [2.45, 2.75) is 38.6 Å². The van der Waals surface area contributed by atoms with E-state index in [9.17, 15) is 19.2 Å². The van der Waals surface area contributed by atoms with Crippen molar-refractivity contribution in [2.75, 3.05) is 26.8 Å². The molecule has 9 heteroatoms. The molecule has 1 aliphatic carbocycles. The summed E-state index contributed by atoms with van der Waals surface area (Å²) in [5, 5.41) is 2.60. The summed E-state index contributed by atoms with van der Waals surface area (Å²) >= 11 is 0. The molecule has 30 heavy (non-hydrogen) atoms. The van der Waals surface area contributed by atoms with Crippen LogP contribution < -0.4 is 14.8 Å². The van der Waals surface area contributed by atoms with Gasteiger partial charge in [0.25, 0.3) is 0 Å². The first-order valence-corrected chi connectivity index (χ1v) is 10.2. The SMILES string of the molecule is COc1ccccc1OCCNC(=O)CN1C(=O)C(=O)N([C@@H]2CCCC[C@H]2C)C1=O. The number of carbonyl (C=O) groups excluding carboxylic acids is 4. The van der Waals surface area contributed by atoms with Gasteiger partial charge in [-0.15, -0.1) is 0 Å². The molecule has 1 aliphatic heterocycles. The molecule has 1 N–H and O–H groups in total. The molecule has 1 heterocycles. The Morgan fingerprint density at radius 2 is 1.80 bits per heavy atom. The molecule has 0 unspecified atom stereocenters. The van der Waals surface area contributed by atoms with Crippen LogP contribution in [0, 0.1) is 5.92 Å². The summed E-state index contributed by atoms with van der Waals surface area (Å²) in [7, 11) is 1.53. The molecule has 1 aromatic carbocycles. The first kappa shape index (κ1) is 21.6. The molecule has 1 aromatic rings. The van der Waals surface area contributed by atoms with Crippen LogP contribution >= 0.6 is 0 Å². The molecule has 0 bridgehead atoms. The molecule has 2 aliphatic rings. The van der Waals surface area contributed by atoms with Gasteiger partial charge >= 0.3 is 17.8 Å². The lowest BCUT2D eigenvalue weighted by molar-refractivity contribution is -0.145. The lowest BCUT2D eigenvalue weighted by Gasteiger charge is -2.34. The predicted molar refractivity (Wildman–Crippen MR) is 107 cm³/mol. The van der Waals surface area contributed by atoms with Crippen LogP contribution in [0.25, 0.3) is 0 Å². The molecule has 0 radical (unpaired) electrons. The number of urea groups is 1. The second kappa shape index (κ2) is 9.60. The number of amides is 5. The van der Waals surface area contributed by atoms with Crippen LogP contribution in [0.3, 0.4) is 0 Å². The molecule has 162 valence electrons. The highest BCUT2D eigenvalue weighted by atomic mass is 16.5. The van der Waals surface area contributed by atoms with Crippen LogP contribution in [0.5, 0.6) is 11.5 Å². The third kappa shape index (κ3) is 4.55. The van der Waals surface area contributed by atoms with Gasteiger partial charge in [-0.3, -0.25) is 19.3 Å². The number of hydrogen-bond acceptors (Lipinski definition) is 6. The first-order valence-electron chi connectivity index (χ1n) is 10.2. The van der Waals surface area contributed by atoms with E-state index in [1.165, 1.54) is 7.11 Å². The minimum Gasteiger partial charge on any atom is -0.493 e. The number of rotatable bonds is 8. The van der Waals surface area contributed by atoms with Crippen LogP contribution in [0.2, 0.25) is 0 Å². The molecule has 3 rings (SSSR count). The highest BCUT2D eigenvalue weighted by molar-refractivity contribution is 6.45. The Labute approximate surface area is 175 Å². The van der Waals surface area contributed by atoms with Gasteiger partial charge in [-0.1, -0.05) is 31.9 Å². The molecule has 1 saturated heterocycles. The van der Waals surface area contributed by atoms with Gasteiger partial charge in [0.1, 0.15) is 13.2 Å². The van der Waals surface area contributed by atoms with Crippen LogP contribution in [-0.4, -0.2) is 66.4 Å². The topological polar surface area (TPSA) is 105 Å². The van der Waals surface area contributed by atoms with Crippen molar-refractivity contribution in [1.82, 2.24) is 15.1 Å². The summed E-state index contributed by atoms with van der Waals surface area (Å²) in [4.78, 5) is 51.3. The van der Waals surface area contributed by atoms with E-state index in [-0.39, 0.29) is 25.1 Å². The van der Waals surface area contributed by atoms with Crippen molar-refractivity contribution < 1.29 is 28.7 Å². The van der Waals surface area contributed by atoms with E-state index in [1.54, 1.807) is 18.2 Å². The van der Waals surface area contributed by atoms with E-state index in [0.29, 0.717) is 17.9 Å². The smallest absolute Gasteiger partial charge is 0.334 e. The van der Waals surface area contributed by atoms with Crippen molar-refractivity contribution in [2.24, 2.45) is 5.92 Å². The van der Waals surface area contributed by atoms with Crippen molar-refractivity contribution in [1.29, 1.82) is 0 Å². The number of nitrogens with one attached hydrogen (secondary N) is 1. The van der Waals surface area contributed by atoms with Gasteiger partial charge in [0.05, 0.1) is 13.7 Å². The quantitative estimate of drug-likeness (QED) is 0.391. The predicted octanol–water partition coefficient (Wildman–Crippen LogP) is 1.56. The van der Waals surface area contributed by atoms with Gasteiger partial charge in [-0.2, -0.15) is 0 Å². The molecular formula is C21H27N3O6. The monoisotopic (exact) mass is 417 g/mol. The Balaban J connectivity index is 1.50. The maximum atomic E-state index is 12.7. The fraction of sp³-hybridized carbons (Fsp3) is 0.524. The van der Waals surface area contributed by atoms with E-state index in [4.69, 9.17) is 9.47 Å². The summed E-state index contributed by atoms with van der Waals surface area (Å²) in [6.45, 7) is 1.84. The van der Waals surface area contributed by atoms with Gasteiger partial charge in [0.2, 0.25) is 5.91 Å². The number of hydrogen-bond donors (Lipinski definition) is 1. The van der Waals surface area contributed by atoms with E-state index < -0.39 is 30.3 Å². The molecule has 2 fully saturated rings. The molecule has 2 atom stereocenters. The van der Waals surface area contributed by atoms with Gasteiger partial charge < -0.3 is 14.8 Å². The lowest BCUT2D eigenvalue weighted by Crippen LogP contribution is -2.47. The van der Waals surface area contributed by atoms with Crippen LogP contribution in [0.4, 0.5) is 4.79 Å². The summed E-state index contributed by atoms with van der Waals surface area (Å²) in [5.74, 6) is -1.06. The number of ether oxygens (including phenoxy) is 2. The second-order valence-electron chi connectivity index (χ2n) is 7.53. The minimum absolute atomic E-state index is 0.139. The fourth-order valence-corrected chi connectivity index (χ4v) is 3.92. The Morgan fingerprint density at radius 3 is 2.50 bits per heavy atom. The van der Waals surface area contributed by atoms with Crippen LogP contribution in [-0.2, 0) is 14.4 Å². The van der Waals surface area contributed by atoms with Crippen LogP contribution in [0.1, 0.15) is 32.6 Å². The molecule has 0 aromatic heterocycles. The third-order valence-electron chi connectivity index (χ3n) is 5.53. The number of imide groups is 2. The zero-order chi connectivity index (χ0) is 21.7. The zero-order valence-corrected chi connectivity index (χ0v) is 17.3. The van der Waals surface area contributed by atoms with E-state index in [0.717, 1.165) is 29.1 Å². The average Bonchev–Trinajstić information content (AvgIpc) is 2.95. The standard InChI is InChI=1S/C21H27N3O6/c1-14-7-3-4-8-15(14)24-20(27)19(26)23(21(24)28)13-18(25)22-11-12-30-17-10-6-5-9-16(17)29-2/h5-6,9-10,14-15H,3-4,7-8,11-13H2,1-2H3,(H,22,25)/t14-,15-/m1/s1. The van der Waals surface area contributed by atoms with Gasteiger partial charge in [0.15, 0.2) is 11.5 Å². The summed E-state index contributed by atoms with van der Waals surface area (Å²) < 4.78 is 10.7. The maximum absolute atomic E-state index is 12.7. The number of para-hydroxylation sites is 2. The Morgan fingerprint density at radius 1 is 1.10 bits per heavy atom. The highest BCUT2D eigenvalue weighted by Crippen LogP contribution is 2.31. The summed E-state index contributed by atoms with van der Waals surface area (Å²) in [6, 6.07) is 6.13. The summed E-state index contributed by atoms with van der Waals surface area (Å²) in [5.41, 5.74) is 0. The Kier molecular flexibility index (Phi) is 6.91. The van der Waals surface area contributed by atoms with Crippen molar-refractivity contribution in [3.8, 4) is 11.5 Å². The van der Waals surface area contributed by atoms with E-state index in [1.807, 2.05) is 13.0 Å². The van der Waals surface area contributed by atoms with E-state index in [2.05, 4.69) is 5.32 Å². The van der Waals surface area contributed by atoms with Crippen molar-refractivity contribution >= 4 is 23.8 Å². The third-order valence-corrected chi connectivity index (χ3v) is 5.53. The molecule has 0 spiro atoms. The maximum Gasteiger partial charge on any atom is 0.334 e. The Bertz CT molecular complexity index is 827. The number of benzene rings is 1. The fourth-order valence-electron chi connectivity index (χ4n) is 3.92. The van der Waals surface area contributed by atoms with Crippen LogP contribution in [0.15, 0.2) is 24.3 Å². The lowest BCUT2D eigenvalue weighted by atomic mass is 9.85. The van der Waals surface area contributed by atoms with Gasteiger partial charge in [0, 0.05) is 6.04 Å². The number of nitrogens with zero attached hydrogens (tertiary/aromatic N) is 2. The summed E-state index contributed by atoms with van der Waals surface area (Å²) in [6.07, 6.45) is 3.55. The Hall–Kier alpha value is -3.10.